The number of aromatic nitrogens is 2. The molecule has 1 rings (SSSR count). The molecule has 2 N–H and O–H groups in total. The zero-order valence-corrected chi connectivity index (χ0v) is 8.70. The number of halogens is 1. The van der Waals surface area contributed by atoms with Gasteiger partial charge in [0.1, 0.15) is 5.25 Å². The van der Waals surface area contributed by atoms with Gasteiger partial charge in [-0.3, -0.25) is 4.79 Å². The summed E-state index contributed by atoms with van der Waals surface area (Å²) >= 11 is 3.86. The van der Waals surface area contributed by atoms with E-state index in [1.807, 2.05) is 0 Å². The number of H-pyrrole nitrogens is 1. The first-order chi connectivity index (χ1) is 5.20. The number of aliphatic carboxylic acids is 1. The number of thiol groups is 1. The number of carbonyl (C=O) groups is 1. The van der Waals surface area contributed by atoms with Crippen LogP contribution in [0.2, 0.25) is 0 Å². The topological polar surface area (TPSA) is 66.0 Å². The molecule has 0 amide bonds. The lowest BCUT2D eigenvalue weighted by molar-refractivity contribution is -0.136. The van der Waals surface area contributed by atoms with Gasteiger partial charge >= 0.3 is 5.97 Å². The fourth-order valence-corrected chi connectivity index (χ4v) is 0.889. The number of nitrogens with zero attached hydrogens (tertiary/aromatic N) is 1. The number of rotatable bonds is 3. The van der Waals surface area contributed by atoms with Gasteiger partial charge < -0.3 is 10.1 Å². The molecule has 0 spiro atoms. The van der Waals surface area contributed by atoms with Crippen LogP contribution in [0.25, 0.3) is 0 Å². The largest absolute Gasteiger partial charge is 0.480 e. The first-order valence-electron chi connectivity index (χ1n) is 3.08. The lowest BCUT2D eigenvalue weighted by Crippen LogP contribution is -2.16. The Morgan fingerprint density at radius 3 is 2.92 bits per heavy atom. The Labute approximate surface area is 85.6 Å². The van der Waals surface area contributed by atoms with E-state index in [2.05, 4.69) is 22.6 Å². The second-order valence-electron chi connectivity index (χ2n) is 2.14. The monoisotopic (exact) mass is 252 g/mol. The van der Waals surface area contributed by atoms with E-state index in [1.165, 1.54) is 6.33 Å². The zero-order chi connectivity index (χ0) is 8.27. The van der Waals surface area contributed by atoms with Gasteiger partial charge in [0.2, 0.25) is 0 Å². The van der Waals surface area contributed by atoms with Crippen molar-refractivity contribution in [3.8, 4) is 0 Å². The average molecular weight is 253 g/mol. The van der Waals surface area contributed by atoms with Crippen molar-refractivity contribution in [3.05, 3.63) is 18.2 Å². The maximum absolute atomic E-state index is 10.3. The molecule has 0 aliphatic carbocycles. The van der Waals surface area contributed by atoms with Crippen LogP contribution in [0.5, 0.6) is 0 Å². The van der Waals surface area contributed by atoms with E-state index in [1.54, 1.807) is 6.20 Å². The molecule has 4 nitrogen and oxygen atoms in total. The lowest BCUT2D eigenvalue weighted by Gasteiger charge is -2.00. The minimum absolute atomic E-state index is 0. The average Bonchev–Trinajstić information content (AvgIpc) is 2.39. The van der Waals surface area contributed by atoms with E-state index in [9.17, 15) is 4.79 Å². The molecule has 1 heterocycles. The Hall–Kier alpha value is -0.490. The van der Waals surface area contributed by atoms with Gasteiger partial charge in [-0.15, -0.1) is 17.0 Å². The summed E-state index contributed by atoms with van der Waals surface area (Å²) in [6, 6.07) is 0. The fourth-order valence-electron chi connectivity index (χ4n) is 0.692. The number of hydrogen-bond donors (Lipinski definition) is 3. The first kappa shape index (κ1) is 11.5. The van der Waals surface area contributed by atoms with Crippen LogP contribution in [0.4, 0.5) is 0 Å². The molecule has 1 aromatic heterocycles. The van der Waals surface area contributed by atoms with Crippen LogP contribution in [0.1, 0.15) is 5.69 Å². The number of hydrogen-bond acceptors (Lipinski definition) is 3. The number of imidazole rings is 1. The molecular formula is C6H9BrN2O2S. The van der Waals surface area contributed by atoms with E-state index in [0.717, 1.165) is 5.69 Å². The van der Waals surface area contributed by atoms with Crippen LogP contribution >= 0.6 is 29.6 Å². The molecule has 1 aromatic rings. The summed E-state index contributed by atoms with van der Waals surface area (Å²) in [5.41, 5.74) is 0.785. The van der Waals surface area contributed by atoms with Crippen molar-refractivity contribution >= 4 is 35.6 Å². The molecule has 0 fully saturated rings. The van der Waals surface area contributed by atoms with Crippen molar-refractivity contribution in [2.45, 2.75) is 11.7 Å². The fraction of sp³-hybridized carbons (Fsp3) is 0.333. The molecule has 68 valence electrons. The van der Waals surface area contributed by atoms with E-state index < -0.39 is 11.2 Å². The third kappa shape index (κ3) is 3.27. The second kappa shape index (κ2) is 5.21. The first-order valence-corrected chi connectivity index (χ1v) is 3.60. The quantitative estimate of drug-likeness (QED) is 0.701. The standard InChI is InChI=1S/C6H8N2O2S.BrH/c9-6(10)5(11)1-4-2-7-3-8-4;/h2-3,5,11H,1H2,(H,7,8)(H,9,10);1H. The Morgan fingerprint density at radius 2 is 2.50 bits per heavy atom. The number of carboxylic acid groups (broad SMARTS) is 1. The highest BCUT2D eigenvalue weighted by molar-refractivity contribution is 8.93. The van der Waals surface area contributed by atoms with E-state index in [0.29, 0.717) is 6.42 Å². The van der Waals surface area contributed by atoms with Crippen molar-refractivity contribution in [2.24, 2.45) is 0 Å². The van der Waals surface area contributed by atoms with Crippen molar-refractivity contribution < 1.29 is 9.90 Å². The minimum atomic E-state index is -0.914. The molecule has 0 aliphatic heterocycles. The summed E-state index contributed by atoms with van der Waals surface area (Å²) in [5, 5.41) is 7.81. The summed E-state index contributed by atoms with van der Waals surface area (Å²) in [5.74, 6) is -0.914. The van der Waals surface area contributed by atoms with Crippen molar-refractivity contribution in [2.75, 3.05) is 0 Å². The molecule has 0 radical (unpaired) electrons. The molecule has 0 saturated carbocycles. The Morgan fingerprint density at radius 1 is 1.83 bits per heavy atom. The van der Waals surface area contributed by atoms with Gasteiger partial charge in [-0.25, -0.2) is 4.98 Å². The van der Waals surface area contributed by atoms with Crippen LogP contribution in [0.3, 0.4) is 0 Å². The van der Waals surface area contributed by atoms with Crippen LogP contribution < -0.4 is 0 Å². The molecule has 1 unspecified atom stereocenters. The van der Waals surface area contributed by atoms with Crippen LogP contribution in [0, 0.1) is 0 Å². The highest BCUT2D eigenvalue weighted by atomic mass is 79.9. The van der Waals surface area contributed by atoms with E-state index in [-0.39, 0.29) is 17.0 Å². The van der Waals surface area contributed by atoms with E-state index in [4.69, 9.17) is 5.11 Å². The highest BCUT2D eigenvalue weighted by Gasteiger charge is 2.12. The minimum Gasteiger partial charge on any atom is -0.480 e. The van der Waals surface area contributed by atoms with Crippen LogP contribution in [0.15, 0.2) is 12.5 Å². The molecule has 0 aromatic carbocycles. The second-order valence-corrected chi connectivity index (χ2v) is 2.76. The Balaban J connectivity index is 0.00000121. The van der Waals surface area contributed by atoms with Gasteiger partial charge in [0, 0.05) is 18.3 Å². The summed E-state index contributed by atoms with van der Waals surface area (Å²) in [7, 11) is 0. The lowest BCUT2D eigenvalue weighted by atomic mass is 10.2. The molecule has 0 bridgehead atoms. The van der Waals surface area contributed by atoms with Crippen LogP contribution in [-0.4, -0.2) is 26.3 Å². The number of aromatic amines is 1. The van der Waals surface area contributed by atoms with E-state index >= 15 is 0 Å². The van der Waals surface area contributed by atoms with Gasteiger partial charge in [0.15, 0.2) is 0 Å². The maximum Gasteiger partial charge on any atom is 0.316 e. The summed E-state index contributed by atoms with van der Waals surface area (Å²) < 4.78 is 0. The van der Waals surface area contributed by atoms with Crippen molar-refractivity contribution in [1.82, 2.24) is 9.97 Å². The summed E-state index contributed by atoms with van der Waals surface area (Å²) in [6.07, 6.45) is 3.47. The van der Waals surface area contributed by atoms with Gasteiger partial charge in [-0.05, 0) is 0 Å². The van der Waals surface area contributed by atoms with Gasteiger partial charge in [0.05, 0.1) is 6.33 Å². The SMILES string of the molecule is Br.O=C(O)C(S)Cc1cnc[nH]1. The predicted octanol–water partition coefficient (Wildman–Crippen LogP) is 0.913. The highest BCUT2D eigenvalue weighted by Crippen LogP contribution is 2.03. The molecule has 0 aliphatic rings. The van der Waals surface area contributed by atoms with Crippen LogP contribution in [-0.2, 0) is 11.2 Å². The summed E-state index contributed by atoms with van der Waals surface area (Å²) in [6.45, 7) is 0. The smallest absolute Gasteiger partial charge is 0.316 e. The summed E-state index contributed by atoms with van der Waals surface area (Å²) in [4.78, 5) is 16.9. The maximum atomic E-state index is 10.3. The Kier molecular flexibility index (Phi) is 5.00. The molecular weight excluding hydrogens is 244 g/mol. The number of nitrogens with one attached hydrogen (secondary N) is 1. The normalized spacial score (nSPS) is 11.8. The molecule has 0 saturated heterocycles. The number of carboxylic acids is 1. The van der Waals surface area contributed by atoms with Crippen molar-refractivity contribution in [1.29, 1.82) is 0 Å². The molecule has 6 heteroatoms. The van der Waals surface area contributed by atoms with Gasteiger partial charge in [-0.1, -0.05) is 0 Å². The van der Waals surface area contributed by atoms with Gasteiger partial charge in [0.25, 0.3) is 0 Å². The third-order valence-electron chi connectivity index (χ3n) is 1.25. The molecule has 12 heavy (non-hydrogen) atoms. The van der Waals surface area contributed by atoms with Gasteiger partial charge in [-0.2, -0.15) is 12.6 Å². The predicted molar refractivity (Wildman–Crippen MR) is 53.0 cm³/mol. The van der Waals surface area contributed by atoms with Crippen molar-refractivity contribution in [3.63, 3.8) is 0 Å². The zero-order valence-electron chi connectivity index (χ0n) is 6.10. The third-order valence-corrected chi connectivity index (χ3v) is 1.66. The molecule has 1 atom stereocenters. The Bertz CT molecular complexity index is 240.